The second kappa shape index (κ2) is 6.61. The van der Waals surface area contributed by atoms with Crippen LogP contribution in [0, 0.1) is 5.92 Å². The quantitative estimate of drug-likeness (QED) is 0.775. The topological polar surface area (TPSA) is 15.3 Å². The lowest BCUT2D eigenvalue weighted by Crippen LogP contribution is -2.58. The van der Waals surface area contributed by atoms with Crippen LogP contribution in [0.25, 0.3) is 0 Å². The second-order valence-corrected chi connectivity index (χ2v) is 5.97. The Labute approximate surface area is 102 Å². The molecule has 1 rings (SSSR count). The molecule has 2 unspecified atom stereocenters. The first-order valence-corrected chi connectivity index (χ1v) is 7.03. The van der Waals surface area contributed by atoms with Crippen LogP contribution in [0.3, 0.4) is 0 Å². The third-order valence-electron chi connectivity index (χ3n) is 3.59. The van der Waals surface area contributed by atoms with E-state index < -0.39 is 0 Å². The zero-order chi connectivity index (χ0) is 12.1. The average molecular weight is 226 g/mol. The van der Waals surface area contributed by atoms with Crippen LogP contribution in [0.15, 0.2) is 0 Å². The Kier molecular flexibility index (Phi) is 5.77. The number of hydrogen-bond donors (Lipinski definition) is 1. The van der Waals surface area contributed by atoms with Crippen molar-refractivity contribution >= 4 is 0 Å². The molecular weight excluding hydrogens is 196 g/mol. The fourth-order valence-corrected chi connectivity index (χ4v) is 2.83. The molecule has 0 saturated carbocycles. The van der Waals surface area contributed by atoms with E-state index in [1.165, 1.54) is 32.4 Å². The zero-order valence-corrected chi connectivity index (χ0v) is 11.8. The minimum Gasteiger partial charge on any atom is -0.311 e. The number of nitrogens with one attached hydrogen (secondary N) is 1. The first-order valence-electron chi connectivity index (χ1n) is 7.03. The van der Waals surface area contributed by atoms with E-state index in [0.717, 1.165) is 18.0 Å². The van der Waals surface area contributed by atoms with Crippen molar-refractivity contribution in [3.63, 3.8) is 0 Å². The van der Waals surface area contributed by atoms with Crippen molar-refractivity contribution in [3.05, 3.63) is 0 Å². The maximum absolute atomic E-state index is 3.72. The molecule has 0 bridgehead atoms. The first kappa shape index (κ1) is 14.0. The highest BCUT2D eigenvalue weighted by Crippen LogP contribution is 2.19. The van der Waals surface area contributed by atoms with E-state index in [-0.39, 0.29) is 0 Å². The van der Waals surface area contributed by atoms with E-state index in [4.69, 9.17) is 0 Å². The summed E-state index contributed by atoms with van der Waals surface area (Å²) in [6, 6.07) is 2.15. The van der Waals surface area contributed by atoms with Gasteiger partial charge in [-0.1, -0.05) is 27.2 Å². The summed E-state index contributed by atoms with van der Waals surface area (Å²) < 4.78 is 0. The molecule has 1 aliphatic rings. The summed E-state index contributed by atoms with van der Waals surface area (Å²) in [4.78, 5) is 2.71. The van der Waals surface area contributed by atoms with Gasteiger partial charge in [0.1, 0.15) is 0 Å². The summed E-state index contributed by atoms with van der Waals surface area (Å²) in [5.41, 5.74) is 0. The van der Waals surface area contributed by atoms with Crippen molar-refractivity contribution in [1.82, 2.24) is 10.2 Å². The molecule has 96 valence electrons. The summed E-state index contributed by atoms with van der Waals surface area (Å²) in [5, 5.41) is 3.72. The summed E-state index contributed by atoms with van der Waals surface area (Å²) in [6.45, 7) is 14.0. The molecule has 0 spiro atoms. The maximum atomic E-state index is 3.72. The van der Waals surface area contributed by atoms with Gasteiger partial charge in [-0.05, 0) is 32.6 Å². The average Bonchev–Trinajstić information content (AvgIpc) is 2.19. The SMILES string of the molecule is CCCC1CN(C(C)C)C(CC(C)C)CN1. The van der Waals surface area contributed by atoms with E-state index >= 15 is 0 Å². The Morgan fingerprint density at radius 3 is 2.44 bits per heavy atom. The Morgan fingerprint density at radius 2 is 1.94 bits per heavy atom. The molecule has 0 aromatic heterocycles. The van der Waals surface area contributed by atoms with Crippen LogP contribution in [0.5, 0.6) is 0 Å². The lowest BCUT2D eigenvalue weighted by molar-refractivity contribution is 0.0809. The van der Waals surface area contributed by atoms with Gasteiger partial charge in [0.05, 0.1) is 0 Å². The van der Waals surface area contributed by atoms with Crippen LogP contribution in [0.1, 0.15) is 53.9 Å². The van der Waals surface area contributed by atoms with Gasteiger partial charge in [0.15, 0.2) is 0 Å². The van der Waals surface area contributed by atoms with Crippen molar-refractivity contribution in [2.45, 2.75) is 72.0 Å². The van der Waals surface area contributed by atoms with Crippen LogP contribution >= 0.6 is 0 Å². The monoisotopic (exact) mass is 226 g/mol. The highest BCUT2D eigenvalue weighted by atomic mass is 15.2. The Hall–Kier alpha value is -0.0800. The fourth-order valence-electron chi connectivity index (χ4n) is 2.83. The van der Waals surface area contributed by atoms with Gasteiger partial charge < -0.3 is 5.32 Å². The van der Waals surface area contributed by atoms with Gasteiger partial charge in [0.2, 0.25) is 0 Å². The molecule has 16 heavy (non-hydrogen) atoms. The summed E-state index contributed by atoms with van der Waals surface area (Å²) in [6.07, 6.45) is 3.93. The van der Waals surface area contributed by atoms with Crippen molar-refractivity contribution in [1.29, 1.82) is 0 Å². The van der Waals surface area contributed by atoms with Crippen molar-refractivity contribution < 1.29 is 0 Å². The van der Waals surface area contributed by atoms with E-state index in [2.05, 4.69) is 44.8 Å². The van der Waals surface area contributed by atoms with Gasteiger partial charge in [-0.15, -0.1) is 0 Å². The lowest BCUT2D eigenvalue weighted by Gasteiger charge is -2.43. The van der Waals surface area contributed by atoms with Crippen LogP contribution in [-0.2, 0) is 0 Å². The molecule has 0 aromatic carbocycles. The van der Waals surface area contributed by atoms with Gasteiger partial charge in [-0.3, -0.25) is 4.90 Å². The highest BCUT2D eigenvalue weighted by molar-refractivity contribution is 4.88. The van der Waals surface area contributed by atoms with Crippen molar-refractivity contribution in [3.8, 4) is 0 Å². The molecule has 0 aliphatic carbocycles. The molecule has 1 fully saturated rings. The molecule has 0 radical (unpaired) electrons. The molecule has 0 amide bonds. The summed E-state index contributed by atoms with van der Waals surface area (Å²) in [5.74, 6) is 0.802. The van der Waals surface area contributed by atoms with E-state index in [1.54, 1.807) is 0 Å². The zero-order valence-electron chi connectivity index (χ0n) is 11.8. The largest absolute Gasteiger partial charge is 0.311 e. The predicted octanol–water partition coefficient (Wildman–Crippen LogP) is 2.88. The number of hydrogen-bond acceptors (Lipinski definition) is 2. The Morgan fingerprint density at radius 1 is 1.25 bits per heavy atom. The summed E-state index contributed by atoms with van der Waals surface area (Å²) in [7, 11) is 0. The Bertz CT molecular complexity index is 189. The third-order valence-corrected chi connectivity index (χ3v) is 3.59. The van der Waals surface area contributed by atoms with E-state index in [0.29, 0.717) is 6.04 Å². The standard InChI is InChI=1S/C14H30N2/c1-6-7-13-10-16(12(4)5)14(9-15-13)8-11(2)3/h11-15H,6-10H2,1-5H3. The molecule has 1 aliphatic heterocycles. The molecular formula is C14H30N2. The van der Waals surface area contributed by atoms with Gasteiger partial charge in [-0.25, -0.2) is 0 Å². The molecule has 1 heterocycles. The van der Waals surface area contributed by atoms with Crippen LogP contribution < -0.4 is 5.32 Å². The predicted molar refractivity (Wildman–Crippen MR) is 71.8 cm³/mol. The summed E-state index contributed by atoms with van der Waals surface area (Å²) >= 11 is 0. The first-order chi connectivity index (χ1) is 7.54. The lowest BCUT2D eigenvalue weighted by atomic mass is 9.96. The van der Waals surface area contributed by atoms with Gasteiger partial charge >= 0.3 is 0 Å². The fraction of sp³-hybridized carbons (Fsp3) is 1.00. The molecule has 2 heteroatoms. The smallest absolute Gasteiger partial charge is 0.0226 e. The normalized spacial score (nSPS) is 27.9. The van der Waals surface area contributed by atoms with Gasteiger partial charge in [0.25, 0.3) is 0 Å². The number of nitrogens with zero attached hydrogens (tertiary/aromatic N) is 1. The molecule has 0 aromatic rings. The Balaban J connectivity index is 2.53. The molecule has 1 N–H and O–H groups in total. The van der Waals surface area contributed by atoms with E-state index in [9.17, 15) is 0 Å². The maximum Gasteiger partial charge on any atom is 0.0226 e. The van der Waals surface area contributed by atoms with Gasteiger partial charge in [-0.2, -0.15) is 0 Å². The third kappa shape index (κ3) is 4.06. The van der Waals surface area contributed by atoms with E-state index in [1.807, 2.05) is 0 Å². The number of rotatable bonds is 5. The van der Waals surface area contributed by atoms with Gasteiger partial charge in [0, 0.05) is 31.2 Å². The van der Waals surface area contributed by atoms with Crippen molar-refractivity contribution in [2.24, 2.45) is 5.92 Å². The van der Waals surface area contributed by atoms with Crippen LogP contribution in [-0.4, -0.2) is 36.1 Å². The molecule has 1 saturated heterocycles. The number of piperazine rings is 1. The minimum atomic E-state index is 0.685. The minimum absolute atomic E-state index is 0.685. The van der Waals surface area contributed by atoms with Crippen LogP contribution in [0.2, 0.25) is 0 Å². The van der Waals surface area contributed by atoms with Crippen molar-refractivity contribution in [2.75, 3.05) is 13.1 Å². The van der Waals surface area contributed by atoms with Crippen LogP contribution in [0.4, 0.5) is 0 Å². The molecule has 2 atom stereocenters. The molecule has 2 nitrogen and oxygen atoms in total. The highest BCUT2D eigenvalue weighted by Gasteiger charge is 2.29. The second-order valence-electron chi connectivity index (χ2n) is 5.97.